The Morgan fingerprint density at radius 3 is 2.67 bits per heavy atom. The van der Waals surface area contributed by atoms with Gasteiger partial charge in [-0.25, -0.2) is 0 Å². The summed E-state index contributed by atoms with van der Waals surface area (Å²) in [5, 5.41) is 6.94. The molecule has 30 heavy (non-hydrogen) atoms. The number of benzene rings is 2. The van der Waals surface area contributed by atoms with Crippen molar-refractivity contribution in [2.45, 2.75) is 46.3 Å². The molecular formula is C23H29N3O3S. The molecule has 2 aromatic carbocycles. The largest absolute Gasteiger partial charge is 0.493 e. The van der Waals surface area contributed by atoms with Crippen LogP contribution in [0.25, 0.3) is 0 Å². The Morgan fingerprint density at radius 1 is 1.20 bits per heavy atom. The Morgan fingerprint density at radius 2 is 2.00 bits per heavy atom. The van der Waals surface area contributed by atoms with Gasteiger partial charge >= 0.3 is 0 Å². The molecule has 0 unspecified atom stereocenters. The number of nitrogens with one attached hydrogen (secondary N) is 2. The molecule has 1 heterocycles. The summed E-state index contributed by atoms with van der Waals surface area (Å²) in [5.41, 5.74) is 3.90. The van der Waals surface area contributed by atoms with Crippen molar-refractivity contribution in [3.8, 4) is 11.5 Å². The fourth-order valence-electron chi connectivity index (χ4n) is 3.41. The molecule has 0 aromatic heterocycles. The first-order valence-corrected chi connectivity index (χ1v) is 10.6. The Bertz CT molecular complexity index is 930. The predicted octanol–water partition coefficient (Wildman–Crippen LogP) is 4.40. The Balaban J connectivity index is 1.62. The molecule has 2 aromatic rings. The van der Waals surface area contributed by atoms with Crippen molar-refractivity contribution >= 4 is 34.6 Å². The number of methoxy groups -OCH3 is 1. The summed E-state index contributed by atoms with van der Waals surface area (Å²) in [6, 6.07) is 11.8. The molecule has 0 aliphatic carbocycles. The van der Waals surface area contributed by atoms with Crippen LogP contribution in [0.15, 0.2) is 36.4 Å². The zero-order valence-electron chi connectivity index (χ0n) is 18.0. The van der Waals surface area contributed by atoms with Crippen LogP contribution in [-0.2, 0) is 11.3 Å². The van der Waals surface area contributed by atoms with Gasteiger partial charge in [-0.1, -0.05) is 12.1 Å². The van der Waals surface area contributed by atoms with Gasteiger partial charge in [-0.3, -0.25) is 4.79 Å². The maximum absolute atomic E-state index is 12.1. The topological polar surface area (TPSA) is 62.8 Å². The lowest BCUT2D eigenvalue weighted by Crippen LogP contribution is -2.28. The lowest BCUT2D eigenvalue weighted by atomic mass is 10.1. The van der Waals surface area contributed by atoms with Crippen LogP contribution in [0, 0.1) is 6.92 Å². The molecule has 0 saturated carbocycles. The Hall–Kier alpha value is -2.80. The van der Waals surface area contributed by atoms with Crippen molar-refractivity contribution in [2.24, 2.45) is 0 Å². The van der Waals surface area contributed by atoms with Crippen molar-refractivity contribution < 1.29 is 14.3 Å². The van der Waals surface area contributed by atoms with E-state index in [1.807, 2.05) is 62.1 Å². The number of rotatable bonds is 7. The van der Waals surface area contributed by atoms with Gasteiger partial charge in [0, 0.05) is 30.9 Å². The summed E-state index contributed by atoms with van der Waals surface area (Å²) in [4.78, 5) is 14.0. The molecule has 1 saturated heterocycles. The summed E-state index contributed by atoms with van der Waals surface area (Å²) in [6.07, 6.45) is 1.59. The van der Waals surface area contributed by atoms with E-state index in [0.717, 1.165) is 41.2 Å². The fourth-order valence-corrected chi connectivity index (χ4v) is 3.60. The monoisotopic (exact) mass is 427 g/mol. The maximum Gasteiger partial charge on any atom is 0.227 e. The minimum Gasteiger partial charge on any atom is -0.493 e. The highest BCUT2D eigenvalue weighted by molar-refractivity contribution is 7.80. The number of amides is 1. The average molecular weight is 428 g/mol. The number of aryl methyl sites for hydroxylation is 1. The van der Waals surface area contributed by atoms with Gasteiger partial charge in [-0.05, 0) is 74.8 Å². The minimum atomic E-state index is 0.0786. The number of carbonyl (C=O) groups is 1. The van der Waals surface area contributed by atoms with Crippen molar-refractivity contribution in [1.82, 2.24) is 5.32 Å². The molecule has 1 aliphatic heterocycles. The van der Waals surface area contributed by atoms with Gasteiger partial charge in [0.2, 0.25) is 5.91 Å². The lowest BCUT2D eigenvalue weighted by Gasteiger charge is -2.20. The molecule has 7 heteroatoms. The van der Waals surface area contributed by atoms with E-state index < -0.39 is 0 Å². The zero-order chi connectivity index (χ0) is 21.7. The van der Waals surface area contributed by atoms with E-state index in [0.29, 0.717) is 23.8 Å². The van der Waals surface area contributed by atoms with Crippen molar-refractivity contribution in [3.05, 3.63) is 47.5 Å². The van der Waals surface area contributed by atoms with Crippen LogP contribution in [0.4, 0.5) is 11.4 Å². The molecule has 2 N–H and O–H groups in total. The van der Waals surface area contributed by atoms with Crippen LogP contribution in [0.2, 0.25) is 0 Å². The standard InChI is InChI=1S/C23H29N3O3S/c1-15(2)29-20-10-8-17(12-21(20)28-4)14-24-23(30)25-18-9-7-16(3)19(13-18)26-11-5-6-22(26)27/h7-10,12-13,15H,5-6,11,14H2,1-4H3,(H2,24,25,30). The minimum absolute atomic E-state index is 0.0786. The first-order chi connectivity index (χ1) is 14.4. The lowest BCUT2D eigenvalue weighted by molar-refractivity contribution is -0.117. The van der Waals surface area contributed by atoms with Gasteiger partial charge in [-0.2, -0.15) is 0 Å². The maximum atomic E-state index is 12.1. The molecular weight excluding hydrogens is 398 g/mol. The SMILES string of the molecule is COc1cc(CNC(=S)Nc2ccc(C)c(N3CCCC3=O)c2)ccc1OC(C)C. The molecule has 0 spiro atoms. The molecule has 1 fully saturated rings. The third-order valence-corrected chi connectivity index (χ3v) is 5.12. The highest BCUT2D eigenvalue weighted by Gasteiger charge is 2.23. The van der Waals surface area contributed by atoms with E-state index in [9.17, 15) is 4.79 Å². The number of ether oxygens (including phenoxy) is 2. The van der Waals surface area contributed by atoms with Crippen LogP contribution in [-0.4, -0.2) is 30.8 Å². The molecule has 3 rings (SSSR count). The van der Waals surface area contributed by atoms with E-state index >= 15 is 0 Å². The number of hydrogen-bond acceptors (Lipinski definition) is 4. The summed E-state index contributed by atoms with van der Waals surface area (Å²) >= 11 is 5.45. The van der Waals surface area contributed by atoms with Crippen LogP contribution >= 0.6 is 12.2 Å². The highest BCUT2D eigenvalue weighted by Crippen LogP contribution is 2.29. The van der Waals surface area contributed by atoms with Gasteiger partial charge in [0.1, 0.15) is 0 Å². The summed E-state index contributed by atoms with van der Waals surface area (Å²) < 4.78 is 11.2. The van der Waals surface area contributed by atoms with Gasteiger partial charge in [0.05, 0.1) is 13.2 Å². The van der Waals surface area contributed by atoms with E-state index in [1.54, 1.807) is 7.11 Å². The number of anilines is 2. The van der Waals surface area contributed by atoms with Crippen molar-refractivity contribution in [3.63, 3.8) is 0 Å². The number of thiocarbonyl (C=S) groups is 1. The van der Waals surface area contributed by atoms with E-state index in [1.165, 1.54) is 0 Å². The third kappa shape index (κ3) is 5.42. The Kier molecular flexibility index (Phi) is 7.15. The first kappa shape index (κ1) is 21.9. The van der Waals surface area contributed by atoms with E-state index in [-0.39, 0.29) is 12.0 Å². The quantitative estimate of drug-likeness (QED) is 0.639. The van der Waals surface area contributed by atoms with Gasteiger partial charge in [0.15, 0.2) is 16.6 Å². The van der Waals surface area contributed by atoms with Gasteiger partial charge in [0.25, 0.3) is 0 Å². The summed E-state index contributed by atoms with van der Waals surface area (Å²) in [7, 11) is 1.63. The van der Waals surface area contributed by atoms with Crippen LogP contribution in [0.5, 0.6) is 11.5 Å². The van der Waals surface area contributed by atoms with Gasteiger partial charge < -0.3 is 25.0 Å². The van der Waals surface area contributed by atoms with Crippen LogP contribution < -0.4 is 25.0 Å². The number of hydrogen-bond donors (Lipinski definition) is 2. The molecule has 0 bridgehead atoms. The smallest absolute Gasteiger partial charge is 0.227 e. The molecule has 6 nitrogen and oxygen atoms in total. The zero-order valence-corrected chi connectivity index (χ0v) is 18.8. The first-order valence-electron chi connectivity index (χ1n) is 10.2. The molecule has 0 atom stereocenters. The summed E-state index contributed by atoms with van der Waals surface area (Å²) in [6.45, 7) is 7.29. The predicted molar refractivity (Wildman–Crippen MR) is 125 cm³/mol. The molecule has 0 radical (unpaired) electrons. The average Bonchev–Trinajstić information content (AvgIpc) is 3.14. The second kappa shape index (κ2) is 9.80. The Labute approximate surface area is 183 Å². The molecule has 160 valence electrons. The van der Waals surface area contributed by atoms with E-state index in [4.69, 9.17) is 21.7 Å². The normalized spacial score (nSPS) is 13.5. The summed E-state index contributed by atoms with van der Waals surface area (Å²) in [5.74, 6) is 1.59. The van der Waals surface area contributed by atoms with E-state index in [2.05, 4.69) is 10.6 Å². The van der Waals surface area contributed by atoms with Crippen molar-refractivity contribution in [2.75, 3.05) is 23.9 Å². The molecule has 1 amide bonds. The van der Waals surface area contributed by atoms with Gasteiger partial charge in [-0.15, -0.1) is 0 Å². The fraction of sp³-hybridized carbons (Fsp3) is 0.391. The third-order valence-electron chi connectivity index (χ3n) is 4.87. The van der Waals surface area contributed by atoms with Crippen LogP contribution in [0.1, 0.15) is 37.8 Å². The molecule has 1 aliphatic rings. The van der Waals surface area contributed by atoms with Crippen molar-refractivity contribution in [1.29, 1.82) is 0 Å². The second-order valence-corrected chi connectivity index (χ2v) is 8.02. The number of nitrogens with zero attached hydrogens (tertiary/aromatic N) is 1. The second-order valence-electron chi connectivity index (χ2n) is 7.61. The highest BCUT2D eigenvalue weighted by atomic mass is 32.1. The van der Waals surface area contributed by atoms with Crippen LogP contribution in [0.3, 0.4) is 0 Å². The number of carbonyl (C=O) groups excluding carboxylic acids is 1.